The van der Waals surface area contributed by atoms with E-state index in [0.717, 1.165) is 10.6 Å². The molecular weight excluding hydrogens is 230 g/mol. The first-order valence-corrected chi connectivity index (χ1v) is 6.32. The molecule has 2 nitrogen and oxygen atoms in total. The molecule has 17 heavy (non-hydrogen) atoms. The molecule has 0 radical (unpaired) electrons. The van der Waals surface area contributed by atoms with E-state index in [1.807, 2.05) is 55.5 Å². The number of rotatable bonds is 4. The van der Waals surface area contributed by atoms with Gasteiger partial charge in [-0.25, -0.2) is 4.98 Å². The third-order valence-electron chi connectivity index (χ3n) is 2.36. The van der Waals surface area contributed by atoms with Gasteiger partial charge in [0.1, 0.15) is 0 Å². The van der Waals surface area contributed by atoms with Crippen LogP contribution in [0.3, 0.4) is 0 Å². The Balaban J connectivity index is 2.06. The van der Waals surface area contributed by atoms with Crippen LogP contribution < -0.4 is 0 Å². The zero-order valence-corrected chi connectivity index (χ0v) is 10.4. The summed E-state index contributed by atoms with van der Waals surface area (Å²) in [4.78, 5) is 16.3. The molecule has 86 valence electrons. The van der Waals surface area contributed by atoms with Crippen molar-refractivity contribution in [1.82, 2.24) is 4.98 Å². The van der Waals surface area contributed by atoms with Crippen LogP contribution in [-0.2, 0) is 0 Å². The van der Waals surface area contributed by atoms with Crippen molar-refractivity contribution in [1.29, 1.82) is 0 Å². The smallest absolute Gasteiger partial charge is 0.175 e. The topological polar surface area (TPSA) is 30.0 Å². The Labute approximate surface area is 105 Å². The van der Waals surface area contributed by atoms with Gasteiger partial charge in [0.25, 0.3) is 0 Å². The highest BCUT2D eigenvalue weighted by atomic mass is 32.2. The maximum atomic E-state index is 12.1. The molecule has 0 aliphatic heterocycles. The highest BCUT2D eigenvalue weighted by Crippen LogP contribution is 2.23. The molecule has 1 aromatic carbocycles. The molecule has 1 atom stereocenters. The summed E-state index contributed by atoms with van der Waals surface area (Å²) in [5.41, 5.74) is 0.753. The maximum absolute atomic E-state index is 12.1. The summed E-state index contributed by atoms with van der Waals surface area (Å²) >= 11 is 1.49. The predicted octanol–water partition coefficient (Wildman–Crippen LogP) is 3.45. The van der Waals surface area contributed by atoms with Crippen LogP contribution in [0.2, 0.25) is 0 Å². The minimum Gasteiger partial charge on any atom is -0.293 e. The summed E-state index contributed by atoms with van der Waals surface area (Å²) < 4.78 is 0. The van der Waals surface area contributed by atoms with Crippen molar-refractivity contribution in [3.63, 3.8) is 0 Å². The molecule has 1 heterocycles. The maximum Gasteiger partial charge on any atom is 0.175 e. The highest BCUT2D eigenvalue weighted by molar-refractivity contribution is 8.00. The molecule has 1 aromatic heterocycles. The Kier molecular flexibility index (Phi) is 3.94. The van der Waals surface area contributed by atoms with Crippen LogP contribution in [0.15, 0.2) is 59.8 Å². The molecule has 0 spiro atoms. The normalized spacial score (nSPS) is 12.1. The van der Waals surface area contributed by atoms with Crippen molar-refractivity contribution in [2.75, 3.05) is 0 Å². The van der Waals surface area contributed by atoms with Crippen LogP contribution in [0.25, 0.3) is 0 Å². The standard InChI is InChI=1S/C14H13NOS/c1-11(17-13-9-5-6-10-15-13)14(16)12-7-3-2-4-8-12/h2-11H,1H3/t11-/m0/s1. The number of thioether (sulfide) groups is 1. The van der Waals surface area contributed by atoms with Crippen LogP contribution in [0.1, 0.15) is 17.3 Å². The lowest BCUT2D eigenvalue weighted by Gasteiger charge is -2.09. The fraction of sp³-hybridized carbons (Fsp3) is 0.143. The first-order valence-electron chi connectivity index (χ1n) is 5.44. The molecule has 2 aromatic rings. The minimum atomic E-state index is -0.118. The van der Waals surface area contributed by atoms with Crippen molar-refractivity contribution in [3.8, 4) is 0 Å². The van der Waals surface area contributed by atoms with Gasteiger partial charge in [-0.05, 0) is 19.1 Å². The largest absolute Gasteiger partial charge is 0.293 e. The number of pyridine rings is 1. The average molecular weight is 243 g/mol. The summed E-state index contributed by atoms with van der Waals surface area (Å²) in [6, 6.07) is 15.1. The SMILES string of the molecule is C[C@H](Sc1ccccn1)C(=O)c1ccccc1. The lowest BCUT2D eigenvalue weighted by Crippen LogP contribution is -2.13. The van der Waals surface area contributed by atoms with Gasteiger partial charge < -0.3 is 0 Å². The van der Waals surface area contributed by atoms with Gasteiger partial charge in [0, 0.05) is 11.8 Å². The molecule has 2 rings (SSSR count). The fourth-order valence-electron chi connectivity index (χ4n) is 1.49. The van der Waals surface area contributed by atoms with E-state index in [4.69, 9.17) is 0 Å². The number of nitrogens with zero attached hydrogens (tertiary/aromatic N) is 1. The van der Waals surface area contributed by atoms with Crippen molar-refractivity contribution in [2.24, 2.45) is 0 Å². The second kappa shape index (κ2) is 5.64. The lowest BCUT2D eigenvalue weighted by atomic mass is 10.1. The zero-order valence-electron chi connectivity index (χ0n) is 9.54. The first kappa shape index (κ1) is 11.9. The summed E-state index contributed by atoms with van der Waals surface area (Å²) in [6.45, 7) is 1.91. The van der Waals surface area contributed by atoms with E-state index in [9.17, 15) is 4.79 Å². The van der Waals surface area contributed by atoms with E-state index in [-0.39, 0.29) is 11.0 Å². The predicted molar refractivity (Wildman–Crippen MR) is 70.3 cm³/mol. The Morgan fingerprint density at radius 2 is 1.82 bits per heavy atom. The Morgan fingerprint density at radius 3 is 2.47 bits per heavy atom. The molecule has 0 saturated carbocycles. The Morgan fingerprint density at radius 1 is 1.12 bits per heavy atom. The third kappa shape index (κ3) is 3.17. The van der Waals surface area contributed by atoms with Gasteiger partial charge in [-0.15, -0.1) is 0 Å². The summed E-state index contributed by atoms with van der Waals surface area (Å²) in [5, 5.41) is 0.761. The molecular formula is C14H13NOS. The quantitative estimate of drug-likeness (QED) is 0.608. The van der Waals surface area contributed by atoms with Crippen LogP contribution in [0, 0.1) is 0 Å². The number of hydrogen-bond donors (Lipinski definition) is 0. The van der Waals surface area contributed by atoms with Gasteiger partial charge in [-0.2, -0.15) is 0 Å². The van der Waals surface area contributed by atoms with E-state index in [2.05, 4.69) is 4.98 Å². The Bertz CT molecular complexity index is 484. The van der Waals surface area contributed by atoms with E-state index in [1.165, 1.54) is 11.8 Å². The van der Waals surface area contributed by atoms with Crippen molar-refractivity contribution in [3.05, 3.63) is 60.3 Å². The van der Waals surface area contributed by atoms with Gasteiger partial charge >= 0.3 is 0 Å². The summed E-state index contributed by atoms with van der Waals surface area (Å²) in [6.07, 6.45) is 1.74. The second-order valence-electron chi connectivity index (χ2n) is 3.66. The van der Waals surface area contributed by atoms with Crippen LogP contribution in [0.4, 0.5) is 0 Å². The van der Waals surface area contributed by atoms with E-state index >= 15 is 0 Å². The summed E-state index contributed by atoms with van der Waals surface area (Å²) in [5.74, 6) is 0.140. The number of carbonyl (C=O) groups excluding carboxylic acids is 1. The number of ketones is 1. The van der Waals surface area contributed by atoms with Gasteiger partial charge in [-0.3, -0.25) is 4.79 Å². The first-order chi connectivity index (χ1) is 8.27. The van der Waals surface area contributed by atoms with Crippen molar-refractivity contribution in [2.45, 2.75) is 17.2 Å². The lowest BCUT2D eigenvalue weighted by molar-refractivity contribution is 0.0994. The molecule has 0 unspecified atom stereocenters. The zero-order chi connectivity index (χ0) is 12.1. The molecule has 0 saturated heterocycles. The van der Waals surface area contributed by atoms with Gasteiger partial charge in [-0.1, -0.05) is 48.2 Å². The molecule has 0 aliphatic carbocycles. The van der Waals surface area contributed by atoms with Crippen LogP contribution in [0.5, 0.6) is 0 Å². The molecule has 3 heteroatoms. The highest BCUT2D eigenvalue weighted by Gasteiger charge is 2.16. The Hall–Kier alpha value is -1.61. The van der Waals surface area contributed by atoms with Crippen molar-refractivity contribution < 1.29 is 4.79 Å². The fourth-order valence-corrected chi connectivity index (χ4v) is 2.37. The molecule has 0 amide bonds. The molecule has 0 aliphatic rings. The van der Waals surface area contributed by atoms with Gasteiger partial charge in [0.15, 0.2) is 5.78 Å². The van der Waals surface area contributed by atoms with Crippen molar-refractivity contribution >= 4 is 17.5 Å². The monoisotopic (exact) mass is 243 g/mol. The van der Waals surface area contributed by atoms with Gasteiger partial charge in [0.2, 0.25) is 0 Å². The van der Waals surface area contributed by atoms with E-state index in [0.29, 0.717) is 0 Å². The molecule has 0 fully saturated rings. The van der Waals surface area contributed by atoms with E-state index < -0.39 is 0 Å². The van der Waals surface area contributed by atoms with Gasteiger partial charge in [0.05, 0.1) is 10.3 Å². The number of hydrogen-bond acceptors (Lipinski definition) is 3. The summed E-state index contributed by atoms with van der Waals surface area (Å²) in [7, 11) is 0. The molecule has 0 bridgehead atoms. The number of benzene rings is 1. The van der Waals surface area contributed by atoms with E-state index in [1.54, 1.807) is 6.20 Å². The second-order valence-corrected chi connectivity index (χ2v) is 5.02. The number of carbonyl (C=O) groups is 1. The van der Waals surface area contributed by atoms with Crippen LogP contribution >= 0.6 is 11.8 Å². The third-order valence-corrected chi connectivity index (χ3v) is 3.41. The minimum absolute atomic E-state index is 0.118. The van der Waals surface area contributed by atoms with Crippen LogP contribution in [-0.4, -0.2) is 16.0 Å². The average Bonchev–Trinajstić information content (AvgIpc) is 2.40. The molecule has 0 N–H and O–H groups in total. The number of aromatic nitrogens is 1. The number of Topliss-reactive ketones (excluding diaryl/α,β-unsaturated/α-hetero) is 1.